The standard InChI is InChI=1S/C16H21NO4/c1-11-4-6-13(7-5-11)14(18)8-9-15(19)17-12(2)10-16(20)21-3/h4-7,12H,8-10H2,1-3H3,(H,17,19)/t12-/m1/s1. The van der Waals surface area contributed by atoms with Gasteiger partial charge in [0.15, 0.2) is 5.78 Å². The van der Waals surface area contributed by atoms with Crippen LogP contribution >= 0.6 is 0 Å². The number of carbonyl (C=O) groups is 3. The zero-order valence-corrected chi connectivity index (χ0v) is 12.6. The summed E-state index contributed by atoms with van der Waals surface area (Å²) < 4.78 is 4.52. The van der Waals surface area contributed by atoms with Crippen LogP contribution in [0.3, 0.4) is 0 Å². The first-order chi connectivity index (χ1) is 9.92. The lowest BCUT2D eigenvalue weighted by atomic mass is 10.0. The van der Waals surface area contributed by atoms with Gasteiger partial charge in [-0.05, 0) is 13.8 Å². The number of benzene rings is 1. The number of nitrogens with one attached hydrogen (secondary N) is 1. The highest BCUT2D eigenvalue weighted by atomic mass is 16.5. The summed E-state index contributed by atoms with van der Waals surface area (Å²) in [5.74, 6) is -0.684. The van der Waals surface area contributed by atoms with E-state index >= 15 is 0 Å². The third kappa shape index (κ3) is 6.21. The molecule has 0 saturated carbocycles. The minimum Gasteiger partial charge on any atom is -0.469 e. The summed E-state index contributed by atoms with van der Waals surface area (Å²) in [6, 6.07) is 6.95. The molecule has 0 aliphatic rings. The van der Waals surface area contributed by atoms with Crippen LogP contribution in [0.5, 0.6) is 0 Å². The van der Waals surface area contributed by atoms with Gasteiger partial charge in [-0.2, -0.15) is 0 Å². The Morgan fingerprint density at radius 2 is 1.76 bits per heavy atom. The maximum absolute atomic E-state index is 11.9. The second-order valence-corrected chi connectivity index (χ2v) is 5.04. The number of ether oxygens (including phenoxy) is 1. The van der Waals surface area contributed by atoms with E-state index < -0.39 is 0 Å². The van der Waals surface area contributed by atoms with Crippen LogP contribution in [0.2, 0.25) is 0 Å². The third-order valence-corrected chi connectivity index (χ3v) is 3.06. The Morgan fingerprint density at radius 1 is 1.14 bits per heavy atom. The summed E-state index contributed by atoms with van der Waals surface area (Å²) in [4.78, 5) is 34.7. The summed E-state index contributed by atoms with van der Waals surface area (Å²) in [5.41, 5.74) is 1.69. The largest absolute Gasteiger partial charge is 0.469 e. The molecule has 1 rings (SSSR count). The second-order valence-electron chi connectivity index (χ2n) is 5.04. The molecule has 0 fully saturated rings. The summed E-state index contributed by atoms with van der Waals surface area (Å²) >= 11 is 0. The fourth-order valence-electron chi connectivity index (χ4n) is 1.84. The van der Waals surface area contributed by atoms with Crippen molar-refractivity contribution in [2.75, 3.05) is 7.11 Å². The molecular weight excluding hydrogens is 270 g/mol. The van der Waals surface area contributed by atoms with Gasteiger partial charge in [-0.1, -0.05) is 29.8 Å². The molecule has 114 valence electrons. The van der Waals surface area contributed by atoms with E-state index in [1.165, 1.54) is 7.11 Å². The average molecular weight is 291 g/mol. The summed E-state index contributed by atoms with van der Waals surface area (Å²) in [6.45, 7) is 3.67. The number of rotatable bonds is 7. The van der Waals surface area contributed by atoms with Gasteiger partial charge in [-0.3, -0.25) is 14.4 Å². The Morgan fingerprint density at radius 3 is 2.33 bits per heavy atom. The van der Waals surface area contributed by atoms with Crippen LogP contribution < -0.4 is 5.32 Å². The average Bonchev–Trinajstić information content (AvgIpc) is 2.45. The number of amides is 1. The van der Waals surface area contributed by atoms with E-state index in [2.05, 4.69) is 10.1 Å². The summed E-state index contributed by atoms with van der Waals surface area (Å²) in [6.07, 6.45) is 0.381. The number of hydrogen-bond donors (Lipinski definition) is 1. The number of ketones is 1. The van der Waals surface area contributed by atoms with Gasteiger partial charge in [-0.15, -0.1) is 0 Å². The molecule has 0 bridgehead atoms. The van der Waals surface area contributed by atoms with Crippen LogP contribution in [0.4, 0.5) is 0 Å². The maximum atomic E-state index is 11.9. The van der Waals surface area contributed by atoms with E-state index in [1.54, 1.807) is 19.1 Å². The zero-order valence-electron chi connectivity index (χ0n) is 12.6. The highest BCUT2D eigenvalue weighted by Crippen LogP contribution is 2.07. The SMILES string of the molecule is COC(=O)C[C@@H](C)NC(=O)CCC(=O)c1ccc(C)cc1. The summed E-state index contributed by atoms with van der Waals surface area (Å²) in [7, 11) is 1.30. The molecule has 0 aliphatic heterocycles. The van der Waals surface area contributed by atoms with Crippen LogP contribution in [0.25, 0.3) is 0 Å². The van der Waals surface area contributed by atoms with Crippen LogP contribution in [0, 0.1) is 6.92 Å². The van der Waals surface area contributed by atoms with E-state index in [0.29, 0.717) is 5.56 Å². The van der Waals surface area contributed by atoms with E-state index in [0.717, 1.165) is 5.56 Å². The molecule has 1 N–H and O–H groups in total. The number of methoxy groups -OCH3 is 1. The zero-order chi connectivity index (χ0) is 15.8. The van der Waals surface area contributed by atoms with E-state index in [9.17, 15) is 14.4 Å². The van der Waals surface area contributed by atoms with Crippen LogP contribution in [-0.4, -0.2) is 30.8 Å². The van der Waals surface area contributed by atoms with Gasteiger partial charge in [0.1, 0.15) is 0 Å². The molecule has 0 heterocycles. The fourth-order valence-corrected chi connectivity index (χ4v) is 1.84. The predicted octanol–water partition coefficient (Wildman–Crippen LogP) is 2.03. The van der Waals surface area contributed by atoms with Crippen LogP contribution in [0.15, 0.2) is 24.3 Å². The van der Waals surface area contributed by atoms with E-state index in [-0.39, 0.29) is 43.0 Å². The number of aryl methyl sites for hydroxylation is 1. The topological polar surface area (TPSA) is 72.5 Å². The lowest BCUT2D eigenvalue weighted by Gasteiger charge is -2.12. The van der Waals surface area contributed by atoms with Crippen molar-refractivity contribution in [3.8, 4) is 0 Å². The minimum atomic E-state index is -0.376. The normalized spacial score (nSPS) is 11.6. The van der Waals surface area contributed by atoms with Gasteiger partial charge in [0, 0.05) is 24.4 Å². The molecule has 1 amide bonds. The van der Waals surface area contributed by atoms with Crippen LogP contribution in [0.1, 0.15) is 42.1 Å². The Bertz CT molecular complexity index is 508. The van der Waals surface area contributed by atoms with Gasteiger partial charge in [0.25, 0.3) is 0 Å². The molecule has 1 aromatic carbocycles. The monoisotopic (exact) mass is 291 g/mol. The molecule has 5 heteroatoms. The molecule has 0 spiro atoms. The quantitative estimate of drug-likeness (QED) is 0.616. The Kier molecular flexibility index (Phi) is 6.59. The van der Waals surface area contributed by atoms with Gasteiger partial charge in [0.2, 0.25) is 5.91 Å². The molecule has 0 saturated heterocycles. The molecule has 0 aliphatic carbocycles. The second kappa shape index (κ2) is 8.19. The van der Waals surface area contributed by atoms with E-state index in [4.69, 9.17) is 0 Å². The van der Waals surface area contributed by atoms with Crippen molar-refractivity contribution < 1.29 is 19.1 Å². The molecular formula is C16H21NO4. The van der Waals surface area contributed by atoms with Gasteiger partial charge < -0.3 is 10.1 Å². The predicted molar refractivity (Wildman–Crippen MR) is 79.0 cm³/mol. The first-order valence-electron chi connectivity index (χ1n) is 6.88. The van der Waals surface area contributed by atoms with Crippen LogP contribution in [-0.2, 0) is 14.3 Å². The number of hydrogen-bond acceptors (Lipinski definition) is 4. The molecule has 0 aromatic heterocycles. The fraction of sp³-hybridized carbons (Fsp3) is 0.438. The lowest BCUT2D eigenvalue weighted by molar-refractivity contribution is -0.141. The van der Waals surface area contributed by atoms with Gasteiger partial charge in [0.05, 0.1) is 13.5 Å². The van der Waals surface area contributed by atoms with Crippen molar-refractivity contribution in [3.05, 3.63) is 35.4 Å². The highest BCUT2D eigenvalue weighted by Gasteiger charge is 2.13. The van der Waals surface area contributed by atoms with E-state index in [1.807, 2.05) is 19.1 Å². The first kappa shape index (κ1) is 16.9. The lowest BCUT2D eigenvalue weighted by Crippen LogP contribution is -2.34. The molecule has 1 atom stereocenters. The number of esters is 1. The molecule has 0 unspecified atom stereocenters. The Labute approximate surface area is 124 Å². The van der Waals surface area contributed by atoms with Crippen molar-refractivity contribution in [1.29, 1.82) is 0 Å². The van der Waals surface area contributed by atoms with Crippen molar-refractivity contribution >= 4 is 17.7 Å². The Hall–Kier alpha value is -2.17. The minimum absolute atomic E-state index is 0.0641. The highest BCUT2D eigenvalue weighted by molar-refractivity contribution is 5.98. The Balaban J connectivity index is 2.37. The van der Waals surface area contributed by atoms with Crippen molar-refractivity contribution in [3.63, 3.8) is 0 Å². The molecule has 1 aromatic rings. The first-order valence-corrected chi connectivity index (χ1v) is 6.88. The molecule has 0 radical (unpaired) electrons. The van der Waals surface area contributed by atoms with Crippen molar-refractivity contribution in [1.82, 2.24) is 5.32 Å². The molecule has 21 heavy (non-hydrogen) atoms. The van der Waals surface area contributed by atoms with Gasteiger partial charge in [-0.25, -0.2) is 0 Å². The van der Waals surface area contributed by atoms with Crippen molar-refractivity contribution in [2.45, 2.75) is 39.2 Å². The number of Topliss-reactive ketones (excluding diaryl/α,β-unsaturated/α-hetero) is 1. The maximum Gasteiger partial charge on any atom is 0.307 e. The van der Waals surface area contributed by atoms with Gasteiger partial charge >= 0.3 is 5.97 Å². The number of carbonyl (C=O) groups excluding carboxylic acids is 3. The smallest absolute Gasteiger partial charge is 0.307 e. The third-order valence-electron chi connectivity index (χ3n) is 3.06. The summed E-state index contributed by atoms with van der Waals surface area (Å²) in [5, 5.41) is 2.67. The molecule has 5 nitrogen and oxygen atoms in total. The van der Waals surface area contributed by atoms with Crippen molar-refractivity contribution in [2.24, 2.45) is 0 Å².